The lowest BCUT2D eigenvalue weighted by Crippen LogP contribution is -2.43. The summed E-state index contributed by atoms with van der Waals surface area (Å²) in [6.07, 6.45) is 0.324. The average Bonchev–Trinajstić information content (AvgIpc) is 2.44. The summed E-state index contributed by atoms with van der Waals surface area (Å²) in [7, 11) is 0. The lowest BCUT2D eigenvalue weighted by molar-refractivity contribution is -0.137. The number of nitrogens with one attached hydrogen (secondary N) is 2. The molecule has 1 rings (SSSR count). The largest absolute Gasteiger partial charge is 0.481 e. The molecule has 6 nitrogen and oxygen atoms in total. The summed E-state index contributed by atoms with van der Waals surface area (Å²) < 4.78 is 0. The van der Waals surface area contributed by atoms with E-state index in [1.165, 1.54) is 0 Å². The predicted octanol–water partition coefficient (Wildman–Crippen LogP) is 2.20. The molecule has 6 heteroatoms. The third-order valence-electron chi connectivity index (χ3n) is 3.24. The van der Waals surface area contributed by atoms with Crippen molar-refractivity contribution in [2.45, 2.75) is 52.1 Å². The Hall–Kier alpha value is -2.37. The van der Waals surface area contributed by atoms with Crippen molar-refractivity contribution in [2.75, 3.05) is 0 Å². The molecule has 2 amide bonds. The molecule has 23 heavy (non-hydrogen) atoms. The second-order valence-corrected chi connectivity index (χ2v) is 6.44. The van der Waals surface area contributed by atoms with Gasteiger partial charge in [0.05, 0.1) is 0 Å². The number of carbonyl (C=O) groups excluding carboxylic acids is 2. The van der Waals surface area contributed by atoms with Crippen molar-refractivity contribution in [1.29, 1.82) is 0 Å². The van der Waals surface area contributed by atoms with Crippen LogP contribution >= 0.6 is 0 Å². The van der Waals surface area contributed by atoms with Crippen LogP contribution in [-0.2, 0) is 4.79 Å². The summed E-state index contributed by atoms with van der Waals surface area (Å²) in [4.78, 5) is 34.7. The molecule has 0 bridgehead atoms. The molecule has 0 aliphatic heterocycles. The van der Waals surface area contributed by atoms with Gasteiger partial charge in [0.15, 0.2) is 0 Å². The van der Waals surface area contributed by atoms with Crippen LogP contribution in [0.4, 0.5) is 0 Å². The first-order valence-electron chi connectivity index (χ1n) is 7.56. The van der Waals surface area contributed by atoms with Gasteiger partial charge in [-0.15, -0.1) is 0 Å². The summed E-state index contributed by atoms with van der Waals surface area (Å²) in [6.45, 7) is 7.30. The minimum atomic E-state index is -0.896. The van der Waals surface area contributed by atoms with E-state index in [9.17, 15) is 14.4 Å². The number of carboxylic acids is 1. The van der Waals surface area contributed by atoms with E-state index < -0.39 is 11.5 Å². The van der Waals surface area contributed by atoms with Crippen molar-refractivity contribution in [3.8, 4) is 0 Å². The molecule has 0 unspecified atom stereocenters. The smallest absolute Gasteiger partial charge is 0.303 e. The van der Waals surface area contributed by atoms with Crippen molar-refractivity contribution in [3.63, 3.8) is 0 Å². The van der Waals surface area contributed by atoms with Crippen molar-refractivity contribution < 1.29 is 19.5 Å². The molecule has 0 atom stereocenters. The number of rotatable bonds is 7. The van der Waals surface area contributed by atoms with E-state index in [1.54, 1.807) is 38.1 Å². The Morgan fingerprint density at radius 1 is 1.04 bits per heavy atom. The highest BCUT2D eigenvalue weighted by atomic mass is 16.4. The van der Waals surface area contributed by atoms with Crippen LogP contribution in [0, 0.1) is 0 Å². The third-order valence-corrected chi connectivity index (χ3v) is 3.24. The highest BCUT2D eigenvalue weighted by Crippen LogP contribution is 2.13. The summed E-state index contributed by atoms with van der Waals surface area (Å²) in [5.41, 5.74) is 0.290. The van der Waals surface area contributed by atoms with Crippen LogP contribution in [0.25, 0.3) is 0 Å². The number of carboxylic acid groups (broad SMARTS) is 1. The van der Waals surface area contributed by atoms with Crippen LogP contribution in [0.1, 0.15) is 61.3 Å². The number of amides is 2. The van der Waals surface area contributed by atoms with Gasteiger partial charge in [-0.2, -0.15) is 0 Å². The lowest BCUT2D eigenvalue weighted by atomic mass is 9.97. The van der Waals surface area contributed by atoms with Crippen molar-refractivity contribution >= 4 is 17.8 Å². The van der Waals surface area contributed by atoms with E-state index in [1.807, 2.05) is 13.8 Å². The monoisotopic (exact) mass is 320 g/mol. The number of hydrogen-bond donors (Lipinski definition) is 3. The second-order valence-electron chi connectivity index (χ2n) is 6.44. The van der Waals surface area contributed by atoms with Gasteiger partial charge in [-0.05, 0) is 58.4 Å². The highest BCUT2D eigenvalue weighted by Gasteiger charge is 2.22. The molecule has 0 saturated carbocycles. The Balaban J connectivity index is 2.70. The molecule has 1 aromatic carbocycles. The van der Waals surface area contributed by atoms with Gasteiger partial charge in [-0.3, -0.25) is 14.4 Å². The Kier molecular flexibility index (Phi) is 6.30. The molecule has 0 saturated heterocycles. The van der Waals surface area contributed by atoms with Gasteiger partial charge in [-0.25, -0.2) is 0 Å². The van der Waals surface area contributed by atoms with Gasteiger partial charge in [0.2, 0.25) is 0 Å². The summed E-state index contributed by atoms with van der Waals surface area (Å²) >= 11 is 0. The van der Waals surface area contributed by atoms with E-state index in [0.29, 0.717) is 17.5 Å². The Labute approximate surface area is 136 Å². The van der Waals surface area contributed by atoms with Crippen molar-refractivity contribution in [3.05, 3.63) is 35.4 Å². The molecule has 0 spiro atoms. The molecular weight excluding hydrogens is 296 g/mol. The minimum Gasteiger partial charge on any atom is -0.481 e. The molecule has 0 aliphatic carbocycles. The Bertz CT molecular complexity index is 577. The normalized spacial score (nSPS) is 11.2. The van der Waals surface area contributed by atoms with Gasteiger partial charge < -0.3 is 15.7 Å². The second kappa shape index (κ2) is 7.76. The number of carbonyl (C=O) groups is 3. The van der Waals surface area contributed by atoms with Gasteiger partial charge in [0.1, 0.15) is 0 Å². The minimum absolute atomic E-state index is 0.0123. The first-order valence-corrected chi connectivity index (χ1v) is 7.56. The summed E-state index contributed by atoms with van der Waals surface area (Å²) in [6, 6.07) is 6.39. The SMILES string of the molecule is CC(C)NC(=O)c1ccc(C(=O)NC(C)(C)CCC(=O)O)cc1. The fourth-order valence-corrected chi connectivity index (χ4v) is 1.98. The van der Waals surface area contributed by atoms with E-state index in [2.05, 4.69) is 10.6 Å². The quantitative estimate of drug-likeness (QED) is 0.717. The predicted molar refractivity (Wildman–Crippen MR) is 87.5 cm³/mol. The molecule has 0 heterocycles. The zero-order valence-corrected chi connectivity index (χ0v) is 14.0. The Morgan fingerprint density at radius 3 is 1.96 bits per heavy atom. The van der Waals surface area contributed by atoms with E-state index in [-0.39, 0.29) is 24.3 Å². The number of hydrogen-bond acceptors (Lipinski definition) is 3. The first kappa shape index (κ1) is 18.7. The van der Waals surface area contributed by atoms with Crippen LogP contribution in [0.3, 0.4) is 0 Å². The van der Waals surface area contributed by atoms with Gasteiger partial charge >= 0.3 is 5.97 Å². The van der Waals surface area contributed by atoms with Crippen LogP contribution in [0.15, 0.2) is 24.3 Å². The van der Waals surface area contributed by atoms with Gasteiger partial charge in [0.25, 0.3) is 11.8 Å². The molecule has 3 N–H and O–H groups in total. The van der Waals surface area contributed by atoms with Crippen molar-refractivity contribution in [1.82, 2.24) is 10.6 Å². The molecule has 0 fully saturated rings. The standard InChI is InChI=1S/C17H24N2O4/c1-11(2)18-15(22)12-5-7-13(8-6-12)16(23)19-17(3,4)10-9-14(20)21/h5-8,11H,9-10H2,1-4H3,(H,18,22)(H,19,23)(H,20,21). The number of benzene rings is 1. The first-order chi connectivity index (χ1) is 10.6. The third kappa shape index (κ3) is 6.50. The van der Waals surface area contributed by atoms with Crippen LogP contribution in [0.5, 0.6) is 0 Å². The highest BCUT2D eigenvalue weighted by molar-refractivity contribution is 5.98. The van der Waals surface area contributed by atoms with Crippen LogP contribution in [-0.4, -0.2) is 34.5 Å². The van der Waals surface area contributed by atoms with E-state index in [4.69, 9.17) is 5.11 Å². The number of aliphatic carboxylic acids is 1. The topological polar surface area (TPSA) is 95.5 Å². The maximum atomic E-state index is 12.2. The molecule has 0 radical (unpaired) electrons. The maximum absolute atomic E-state index is 12.2. The fourth-order valence-electron chi connectivity index (χ4n) is 1.98. The maximum Gasteiger partial charge on any atom is 0.303 e. The van der Waals surface area contributed by atoms with E-state index in [0.717, 1.165) is 0 Å². The molecular formula is C17H24N2O4. The molecule has 0 aliphatic rings. The lowest BCUT2D eigenvalue weighted by Gasteiger charge is -2.25. The fraction of sp³-hybridized carbons (Fsp3) is 0.471. The van der Waals surface area contributed by atoms with E-state index >= 15 is 0 Å². The molecule has 1 aromatic rings. The summed E-state index contributed by atoms with van der Waals surface area (Å²) in [5, 5.41) is 14.3. The summed E-state index contributed by atoms with van der Waals surface area (Å²) in [5.74, 6) is -1.38. The Morgan fingerprint density at radius 2 is 1.52 bits per heavy atom. The van der Waals surface area contributed by atoms with Gasteiger partial charge in [0, 0.05) is 29.1 Å². The van der Waals surface area contributed by atoms with Crippen LogP contribution < -0.4 is 10.6 Å². The molecule has 126 valence electrons. The zero-order valence-electron chi connectivity index (χ0n) is 14.0. The van der Waals surface area contributed by atoms with Crippen LogP contribution in [0.2, 0.25) is 0 Å². The zero-order chi connectivity index (χ0) is 17.6. The average molecular weight is 320 g/mol. The molecule has 0 aromatic heterocycles. The van der Waals surface area contributed by atoms with Crippen molar-refractivity contribution in [2.24, 2.45) is 0 Å². The van der Waals surface area contributed by atoms with Gasteiger partial charge in [-0.1, -0.05) is 0 Å².